The summed E-state index contributed by atoms with van der Waals surface area (Å²) < 4.78 is 0.866. The molecule has 0 N–H and O–H groups in total. The summed E-state index contributed by atoms with van der Waals surface area (Å²) in [6, 6.07) is 18.2. The maximum atomic E-state index is 6.08. The molecule has 4 heteroatoms. The molecule has 2 aromatic heterocycles. The summed E-state index contributed by atoms with van der Waals surface area (Å²) in [5.74, 6) is 0. The molecule has 0 unspecified atom stereocenters. The van der Waals surface area contributed by atoms with Gasteiger partial charge in [0.05, 0.1) is 21.7 Å². The number of fused-ring (bicyclic) bond motifs is 3. The number of benzene rings is 2. The fraction of sp³-hybridized carbons (Fsp3) is 0.0526. The second-order valence-corrected chi connectivity index (χ2v) is 6.75. The van der Waals surface area contributed by atoms with Gasteiger partial charge in [-0.2, -0.15) is 0 Å². The molecule has 2 heterocycles. The van der Waals surface area contributed by atoms with Crippen molar-refractivity contribution in [2.45, 2.75) is 6.92 Å². The standard InChI is InChI=1S/C19H12BrClN2/c1-11-2-3-12-4-5-13-7-9-17(23-19(13)18(12)22-11)14-6-8-16(21)15(20)10-14/h2-10H,1H3. The van der Waals surface area contributed by atoms with Crippen LogP contribution in [0.5, 0.6) is 0 Å². The Labute approximate surface area is 147 Å². The van der Waals surface area contributed by atoms with Crippen LogP contribution in [0.3, 0.4) is 0 Å². The van der Waals surface area contributed by atoms with Crippen LogP contribution < -0.4 is 0 Å². The number of halogens is 2. The van der Waals surface area contributed by atoms with Crippen LogP contribution in [-0.4, -0.2) is 9.97 Å². The third-order valence-corrected chi connectivity index (χ3v) is 5.09. The highest BCUT2D eigenvalue weighted by molar-refractivity contribution is 9.10. The molecule has 2 nitrogen and oxygen atoms in total. The fourth-order valence-electron chi connectivity index (χ4n) is 2.68. The van der Waals surface area contributed by atoms with Crippen LogP contribution in [0.1, 0.15) is 5.69 Å². The topological polar surface area (TPSA) is 25.8 Å². The molecule has 112 valence electrons. The zero-order valence-corrected chi connectivity index (χ0v) is 14.7. The van der Waals surface area contributed by atoms with E-state index in [1.165, 1.54) is 0 Å². The highest BCUT2D eigenvalue weighted by atomic mass is 79.9. The van der Waals surface area contributed by atoms with Crippen molar-refractivity contribution in [1.82, 2.24) is 9.97 Å². The minimum Gasteiger partial charge on any atom is -0.251 e. The van der Waals surface area contributed by atoms with E-state index in [0.717, 1.165) is 43.2 Å². The van der Waals surface area contributed by atoms with Crippen molar-refractivity contribution in [3.8, 4) is 11.3 Å². The zero-order chi connectivity index (χ0) is 16.0. The van der Waals surface area contributed by atoms with Gasteiger partial charge < -0.3 is 0 Å². The maximum Gasteiger partial charge on any atom is 0.0972 e. The van der Waals surface area contributed by atoms with E-state index in [1.807, 2.05) is 37.3 Å². The summed E-state index contributed by atoms with van der Waals surface area (Å²) in [7, 11) is 0. The number of nitrogens with zero attached hydrogens (tertiary/aromatic N) is 2. The van der Waals surface area contributed by atoms with Gasteiger partial charge in [0, 0.05) is 26.5 Å². The Morgan fingerprint density at radius 2 is 1.48 bits per heavy atom. The van der Waals surface area contributed by atoms with Crippen LogP contribution in [0.2, 0.25) is 5.02 Å². The van der Waals surface area contributed by atoms with Gasteiger partial charge in [0.15, 0.2) is 0 Å². The molecule has 0 atom stereocenters. The molecule has 0 aliphatic rings. The lowest BCUT2D eigenvalue weighted by molar-refractivity contribution is 1.25. The molecule has 0 aliphatic heterocycles. The Morgan fingerprint density at radius 3 is 2.22 bits per heavy atom. The van der Waals surface area contributed by atoms with Gasteiger partial charge in [-0.1, -0.05) is 41.9 Å². The molecule has 0 amide bonds. The second kappa shape index (κ2) is 5.59. The van der Waals surface area contributed by atoms with Gasteiger partial charge in [-0.15, -0.1) is 0 Å². The highest BCUT2D eigenvalue weighted by Gasteiger charge is 2.08. The van der Waals surface area contributed by atoms with Crippen molar-refractivity contribution >= 4 is 49.3 Å². The molecule has 0 radical (unpaired) electrons. The summed E-state index contributed by atoms with van der Waals surface area (Å²) in [6.45, 7) is 2.00. The molecule has 23 heavy (non-hydrogen) atoms. The van der Waals surface area contributed by atoms with E-state index in [-0.39, 0.29) is 0 Å². The lowest BCUT2D eigenvalue weighted by atomic mass is 10.1. The van der Waals surface area contributed by atoms with Gasteiger partial charge in [-0.05, 0) is 47.1 Å². The van der Waals surface area contributed by atoms with Crippen molar-refractivity contribution in [1.29, 1.82) is 0 Å². The van der Waals surface area contributed by atoms with Gasteiger partial charge in [0.2, 0.25) is 0 Å². The Hall–Kier alpha value is -1.97. The average Bonchev–Trinajstić information content (AvgIpc) is 2.57. The van der Waals surface area contributed by atoms with E-state index in [0.29, 0.717) is 5.02 Å². The average molecular weight is 384 g/mol. The third kappa shape index (κ3) is 2.60. The Balaban J connectivity index is 2.00. The van der Waals surface area contributed by atoms with Crippen LogP contribution in [0.25, 0.3) is 33.1 Å². The lowest BCUT2D eigenvalue weighted by Crippen LogP contribution is -1.90. The van der Waals surface area contributed by atoms with E-state index < -0.39 is 0 Å². The first-order valence-electron chi connectivity index (χ1n) is 7.24. The summed E-state index contributed by atoms with van der Waals surface area (Å²) in [5, 5.41) is 2.88. The Bertz CT molecular complexity index is 1060. The van der Waals surface area contributed by atoms with Crippen LogP contribution in [0.4, 0.5) is 0 Å². The second-order valence-electron chi connectivity index (χ2n) is 5.49. The number of hydrogen-bond donors (Lipinski definition) is 0. The number of aryl methyl sites for hydroxylation is 1. The first-order valence-corrected chi connectivity index (χ1v) is 8.41. The van der Waals surface area contributed by atoms with Gasteiger partial charge in [0.25, 0.3) is 0 Å². The van der Waals surface area contributed by atoms with Crippen molar-refractivity contribution in [2.24, 2.45) is 0 Å². The molecule has 4 aromatic rings. The summed E-state index contributed by atoms with van der Waals surface area (Å²) in [4.78, 5) is 9.54. The van der Waals surface area contributed by atoms with Crippen LogP contribution in [0.15, 0.2) is 59.1 Å². The largest absolute Gasteiger partial charge is 0.251 e. The summed E-state index contributed by atoms with van der Waals surface area (Å²) in [6.07, 6.45) is 0. The molecule has 0 bridgehead atoms. The van der Waals surface area contributed by atoms with Crippen molar-refractivity contribution < 1.29 is 0 Å². The van der Waals surface area contributed by atoms with Gasteiger partial charge in [0.1, 0.15) is 0 Å². The number of rotatable bonds is 1. The first-order chi connectivity index (χ1) is 11.1. The minimum atomic E-state index is 0.692. The Morgan fingerprint density at radius 1 is 0.826 bits per heavy atom. The van der Waals surface area contributed by atoms with E-state index >= 15 is 0 Å². The van der Waals surface area contributed by atoms with Gasteiger partial charge >= 0.3 is 0 Å². The molecule has 4 rings (SSSR count). The smallest absolute Gasteiger partial charge is 0.0972 e. The molecule has 2 aromatic carbocycles. The molecule has 0 fully saturated rings. The quantitative estimate of drug-likeness (QED) is 0.367. The van der Waals surface area contributed by atoms with Crippen LogP contribution in [-0.2, 0) is 0 Å². The predicted octanol–water partition coefficient (Wildman–Crippen LogP) is 6.17. The predicted molar refractivity (Wildman–Crippen MR) is 99.9 cm³/mol. The van der Waals surface area contributed by atoms with E-state index in [2.05, 4.69) is 45.2 Å². The van der Waals surface area contributed by atoms with E-state index in [1.54, 1.807) is 0 Å². The number of aromatic nitrogens is 2. The van der Waals surface area contributed by atoms with E-state index in [9.17, 15) is 0 Å². The highest BCUT2D eigenvalue weighted by Crippen LogP contribution is 2.30. The lowest BCUT2D eigenvalue weighted by Gasteiger charge is -2.07. The van der Waals surface area contributed by atoms with Crippen LogP contribution in [0, 0.1) is 6.92 Å². The number of pyridine rings is 2. The SMILES string of the molecule is Cc1ccc2ccc3ccc(-c4ccc(Cl)c(Br)c4)nc3c2n1. The number of hydrogen-bond acceptors (Lipinski definition) is 2. The van der Waals surface area contributed by atoms with Crippen molar-refractivity contribution in [3.05, 3.63) is 69.8 Å². The monoisotopic (exact) mass is 382 g/mol. The normalized spacial score (nSPS) is 11.3. The summed E-state index contributed by atoms with van der Waals surface area (Å²) in [5.41, 5.74) is 4.79. The molecule has 0 saturated heterocycles. The Kier molecular flexibility index (Phi) is 3.55. The molecule has 0 spiro atoms. The molecule has 0 saturated carbocycles. The summed E-state index contributed by atoms with van der Waals surface area (Å²) >= 11 is 9.55. The first kappa shape index (κ1) is 14.6. The maximum absolute atomic E-state index is 6.08. The van der Waals surface area contributed by atoms with Crippen molar-refractivity contribution in [2.75, 3.05) is 0 Å². The molecular formula is C19H12BrClN2. The zero-order valence-electron chi connectivity index (χ0n) is 12.3. The fourth-order valence-corrected chi connectivity index (χ4v) is 3.18. The van der Waals surface area contributed by atoms with Crippen molar-refractivity contribution in [3.63, 3.8) is 0 Å². The van der Waals surface area contributed by atoms with Crippen LogP contribution >= 0.6 is 27.5 Å². The molecular weight excluding hydrogens is 372 g/mol. The minimum absolute atomic E-state index is 0.692. The van der Waals surface area contributed by atoms with Gasteiger partial charge in [-0.3, -0.25) is 4.98 Å². The molecule has 0 aliphatic carbocycles. The third-order valence-electron chi connectivity index (χ3n) is 3.87. The van der Waals surface area contributed by atoms with Gasteiger partial charge in [-0.25, -0.2) is 4.98 Å². The van der Waals surface area contributed by atoms with E-state index in [4.69, 9.17) is 16.6 Å².